The van der Waals surface area contributed by atoms with Gasteiger partial charge in [-0.05, 0) is 78.7 Å². The van der Waals surface area contributed by atoms with E-state index in [1.807, 2.05) is 24.3 Å². The minimum Gasteiger partial charge on any atom is -0.488 e. The van der Waals surface area contributed by atoms with Gasteiger partial charge in [0.2, 0.25) is 0 Å². The minimum absolute atomic E-state index is 0.151. The molecule has 0 atom stereocenters. The molecule has 5 rings (SSSR count). The van der Waals surface area contributed by atoms with Gasteiger partial charge in [0.25, 0.3) is 5.91 Å². The van der Waals surface area contributed by atoms with Gasteiger partial charge in [-0.1, -0.05) is 30.3 Å². The van der Waals surface area contributed by atoms with Gasteiger partial charge in [0, 0.05) is 11.3 Å². The molecule has 1 amide bonds. The van der Waals surface area contributed by atoms with E-state index in [1.54, 1.807) is 59.9 Å². The van der Waals surface area contributed by atoms with Crippen LogP contribution in [0.4, 0.5) is 10.1 Å². The van der Waals surface area contributed by atoms with E-state index >= 15 is 0 Å². The molecule has 0 bridgehead atoms. The van der Waals surface area contributed by atoms with Gasteiger partial charge in [0.15, 0.2) is 6.61 Å². The number of rotatable bonds is 8. The molecule has 4 aromatic carbocycles. The largest absolute Gasteiger partial charge is 0.488 e. The van der Waals surface area contributed by atoms with Gasteiger partial charge in [-0.15, -0.1) is 11.3 Å². The second kappa shape index (κ2) is 11.2. The molecular formula is C30H23FN2O4S. The van der Waals surface area contributed by atoms with Gasteiger partial charge in [-0.2, -0.15) is 0 Å². The topological polar surface area (TPSA) is 77.5 Å². The number of nitrogens with one attached hydrogen (secondary N) is 1. The third-order valence-electron chi connectivity index (χ3n) is 5.71. The Bertz CT molecular complexity index is 1600. The van der Waals surface area contributed by atoms with Crippen molar-refractivity contribution in [3.63, 3.8) is 0 Å². The van der Waals surface area contributed by atoms with Gasteiger partial charge < -0.3 is 14.8 Å². The number of nitrogens with zero attached hydrogens (tertiary/aromatic N) is 1. The maximum absolute atomic E-state index is 13.1. The van der Waals surface area contributed by atoms with Crippen LogP contribution in [0.15, 0.2) is 91.0 Å². The lowest BCUT2D eigenvalue weighted by molar-refractivity contribution is -0.119. The molecule has 0 aliphatic carbocycles. The highest BCUT2D eigenvalue weighted by Gasteiger charge is 2.16. The Morgan fingerprint density at radius 2 is 1.71 bits per heavy atom. The molecule has 0 radical (unpaired) electrons. The van der Waals surface area contributed by atoms with Crippen LogP contribution in [0.1, 0.15) is 21.5 Å². The highest BCUT2D eigenvalue weighted by Crippen LogP contribution is 2.31. The normalized spacial score (nSPS) is 10.8. The van der Waals surface area contributed by atoms with Crippen LogP contribution >= 0.6 is 11.3 Å². The Labute approximate surface area is 222 Å². The molecule has 0 aliphatic rings. The first-order chi connectivity index (χ1) is 18.4. The van der Waals surface area contributed by atoms with Crippen LogP contribution in [-0.4, -0.2) is 23.5 Å². The molecule has 8 heteroatoms. The van der Waals surface area contributed by atoms with E-state index in [2.05, 4.69) is 23.3 Å². The van der Waals surface area contributed by atoms with Crippen molar-refractivity contribution < 1.29 is 23.5 Å². The van der Waals surface area contributed by atoms with Crippen LogP contribution in [0.5, 0.6) is 5.75 Å². The standard InChI is InChI=1S/C30H23FN2O4S/c1-19-6-15-25-27(16-19)38-29(33-25)21-9-13-23(14-10-21)32-28(34)18-37-30(35)24-4-2-3-5-26(24)36-17-20-7-11-22(31)12-8-20/h2-16H,17-18H2,1H3,(H,32,34). The number of aromatic nitrogens is 1. The number of esters is 1. The van der Waals surface area contributed by atoms with E-state index in [0.29, 0.717) is 11.4 Å². The number of halogens is 1. The summed E-state index contributed by atoms with van der Waals surface area (Å²) in [5.74, 6) is -1.18. The van der Waals surface area contributed by atoms with Crippen molar-refractivity contribution in [1.82, 2.24) is 4.98 Å². The fourth-order valence-electron chi connectivity index (χ4n) is 3.76. The number of hydrogen-bond acceptors (Lipinski definition) is 6. The predicted molar refractivity (Wildman–Crippen MR) is 146 cm³/mol. The summed E-state index contributed by atoms with van der Waals surface area (Å²) in [6.07, 6.45) is 0. The van der Waals surface area contributed by atoms with Crippen molar-refractivity contribution in [3.05, 3.63) is 114 Å². The number of fused-ring (bicyclic) bond motifs is 1. The molecule has 1 N–H and O–H groups in total. The molecule has 1 aromatic heterocycles. The van der Waals surface area contributed by atoms with E-state index in [9.17, 15) is 14.0 Å². The molecule has 0 spiro atoms. The Hall–Kier alpha value is -4.56. The van der Waals surface area contributed by atoms with Crippen LogP contribution < -0.4 is 10.1 Å². The number of thiazole rings is 1. The molecule has 0 unspecified atom stereocenters. The van der Waals surface area contributed by atoms with Gasteiger partial charge in [-0.25, -0.2) is 14.2 Å². The third kappa shape index (κ3) is 6.04. The molecule has 38 heavy (non-hydrogen) atoms. The quantitative estimate of drug-likeness (QED) is 0.225. The van der Waals surface area contributed by atoms with Crippen molar-refractivity contribution in [2.75, 3.05) is 11.9 Å². The van der Waals surface area contributed by atoms with Crippen LogP contribution in [0.25, 0.3) is 20.8 Å². The maximum Gasteiger partial charge on any atom is 0.342 e. The highest BCUT2D eigenvalue weighted by molar-refractivity contribution is 7.21. The lowest BCUT2D eigenvalue weighted by Gasteiger charge is -2.11. The summed E-state index contributed by atoms with van der Waals surface area (Å²) in [6, 6.07) is 26.0. The van der Waals surface area contributed by atoms with E-state index in [1.165, 1.54) is 17.7 Å². The zero-order valence-corrected chi connectivity index (χ0v) is 21.3. The average Bonchev–Trinajstić information content (AvgIpc) is 3.35. The second-order valence-corrected chi connectivity index (χ2v) is 9.63. The summed E-state index contributed by atoms with van der Waals surface area (Å²) >= 11 is 1.62. The Balaban J connectivity index is 1.16. The van der Waals surface area contributed by atoms with Gasteiger partial charge in [0.1, 0.15) is 28.7 Å². The monoisotopic (exact) mass is 526 g/mol. The smallest absolute Gasteiger partial charge is 0.342 e. The van der Waals surface area contributed by atoms with Crippen molar-refractivity contribution in [3.8, 4) is 16.3 Å². The number of ether oxygens (including phenoxy) is 2. The number of para-hydroxylation sites is 1. The summed E-state index contributed by atoms with van der Waals surface area (Å²) < 4.78 is 25.2. The van der Waals surface area contributed by atoms with Crippen LogP contribution in [-0.2, 0) is 16.1 Å². The first-order valence-corrected chi connectivity index (χ1v) is 12.7. The van der Waals surface area contributed by atoms with Crippen LogP contribution in [0, 0.1) is 12.7 Å². The van der Waals surface area contributed by atoms with Crippen LogP contribution in [0.2, 0.25) is 0 Å². The molecular weight excluding hydrogens is 503 g/mol. The van der Waals surface area contributed by atoms with Gasteiger partial charge >= 0.3 is 5.97 Å². The van der Waals surface area contributed by atoms with E-state index in [-0.39, 0.29) is 18.0 Å². The lowest BCUT2D eigenvalue weighted by atomic mass is 10.2. The fourth-order valence-corrected chi connectivity index (χ4v) is 4.83. The summed E-state index contributed by atoms with van der Waals surface area (Å²) in [6.45, 7) is 1.75. The molecule has 1 heterocycles. The molecule has 6 nitrogen and oxygen atoms in total. The Morgan fingerprint density at radius 3 is 2.50 bits per heavy atom. The molecule has 0 saturated carbocycles. The summed E-state index contributed by atoms with van der Waals surface area (Å²) in [7, 11) is 0. The third-order valence-corrected chi connectivity index (χ3v) is 6.78. The van der Waals surface area contributed by atoms with E-state index in [4.69, 9.17) is 9.47 Å². The number of carbonyl (C=O) groups is 2. The predicted octanol–water partition coefficient (Wildman–Crippen LogP) is 6.79. The van der Waals surface area contributed by atoms with Crippen LogP contribution in [0.3, 0.4) is 0 Å². The van der Waals surface area contributed by atoms with Crippen molar-refractivity contribution in [1.29, 1.82) is 0 Å². The summed E-state index contributed by atoms with van der Waals surface area (Å²) in [5, 5.41) is 3.63. The van der Waals surface area contributed by atoms with E-state index < -0.39 is 18.5 Å². The lowest BCUT2D eigenvalue weighted by Crippen LogP contribution is -2.21. The molecule has 0 fully saturated rings. The van der Waals surface area contributed by atoms with Crippen molar-refractivity contribution in [2.45, 2.75) is 13.5 Å². The number of hydrogen-bond donors (Lipinski definition) is 1. The van der Waals surface area contributed by atoms with Gasteiger partial charge in [-0.3, -0.25) is 4.79 Å². The zero-order valence-electron chi connectivity index (χ0n) is 20.4. The Kier molecular flexibility index (Phi) is 7.42. The SMILES string of the molecule is Cc1ccc2nc(-c3ccc(NC(=O)COC(=O)c4ccccc4OCc4ccc(F)cc4)cc3)sc2c1. The molecule has 5 aromatic rings. The molecule has 0 aliphatic heterocycles. The fraction of sp³-hybridized carbons (Fsp3) is 0.100. The number of benzene rings is 4. The highest BCUT2D eigenvalue weighted by atomic mass is 32.1. The van der Waals surface area contributed by atoms with Crippen molar-refractivity contribution in [2.24, 2.45) is 0 Å². The first-order valence-electron chi connectivity index (χ1n) is 11.9. The number of anilines is 1. The Morgan fingerprint density at radius 1 is 0.947 bits per heavy atom. The van der Waals surface area contributed by atoms with Gasteiger partial charge in [0.05, 0.1) is 10.2 Å². The number of aryl methyl sites for hydroxylation is 1. The maximum atomic E-state index is 13.1. The second-order valence-electron chi connectivity index (χ2n) is 8.60. The number of amides is 1. The summed E-state index contributed by atoms with van der Waals surface area (Å²) in [4.78, 5) is 29.7. The minimum atomic E-state index is -0.684. The summed E-state index contributed by atoms with van der Waals surface area (Å²) in [5.41, 5.74) is 4.61. The average molecular weight is 527 g/mol. The molecule has 0 saturated heterocycles. The zero-order chi connectivity index (χ0) is 26.5. The first kappa shape index (κ1) is 25.1. The van der Waals surface area contributed by atoms with E-state index in [0.717, 1.165) is 26.4 Å². The number of carbonyl (C=O) groups excluding carboxylic acids is 2. The van der Waals surface area contributed by atoms with Crippen molar-refractivity contribution >= 4 is 39.1 Å². The molecule has 190 valence electrons.